The van der Waals surface area contributed by atoms with Crippen molar-refractivity contribution in [3.63, 3.8) is 0 Å². The van der Waals surface area contributed by atoms with Crippen molar-refractivity contribution in [2.24, 2.45) is 0 Å². The van der Waals surface area contributed by atoms with E-state index in [0.717, 1.165) is 11.8 Å². The van der Waals surface area contributed by atoms with Crippen LogP contribution in [0, 0.1) is 0 Å². The third-order valence-electron chi connectivity index (χ3n) is 1.18. The van der Waals surface area contributed by atoms with Crippen molar-refractivity contribution in [1.29, 1.82) is 0 Å². The summed E-state index contributed by atoms with van der Waals surface area (Å²) >= 11 is 2.06. The number of rotatable bonds is 4. The average molecular weight is 225 g/mol. The minimum atomic E-state index is -3.46. The number of hydrogen-bond acceptors (Lipinski definition) is 3. The van der Waals surface area contributed by atoms with Gasteiger partial charge in [-0.25, -0.2) is 9.37 Å². The van der Waals surface area contributed by atoms with Crippen LogP contribution in [-0.4, -0.2) is 16.7 Å². The summed E-state index contributed by atoms with van der Waals surface area (Å²) in [7, 11) is 0. The van der Waals surface area contributed by atoms with Crippen molar-refractivity contribution in [3.8, 4) is 0 Å². The maximum Gasteiger partial charge on any atom is 0.307 e. The van der Waals surface area contributed by atoms with Gasteiger partial charge in [-0.05, 0) is 0 Å². The average Bonchev–Trinajstić information content (AvgIpc) is 2.52. The normalized spacial score (nSPS) is 11.6. The van der Waals surface area contributed by atoms with Gasteiger partial charge in [0.05, 0.1) is 5.75 Å². The van der Waals surface area contributed by atoms with E-state index >= 15 is 0 Å². The van der Waals surface area contributed by atoms with Crippen molar-refractivity contribution in [3.05, 3.63) is 24.0 Å². The van der Waals surface area contributed by atoms with E-state index < -0.39 is 17.5 Å². The first-order chi connectivity index (χ1) is 6.02. The van der Waals surface area contributed by atoms with Crippen LogP contribution in [0.5, 0.6) is 0 Å². The van der Waals surface area contributed by atoms with Crippen LogP contribution in [0.2, 0.25) is 0 Å². The van der Waals surface area contributed by atoms with Gasteiger partial charge in [0.25, 0.3) is 0 Å². The Hall–Kier alpha value is -0.490. The Kier molecular flexibility index (Phi) is 3.38. The van der Waals surface area contributed by atoms with Gasteiger partial charge in [-0.15, -0.1) is 11.3 Å². The maximum atomic E-state index is 12.6. The number of thioether (sulfide) groups is 1. The molecule has 0 aliphatic rings. The fraction of sp³-hybridized carbons (Fsp3) is 0.286. The zero-order valence-electron chi connectivity index (χ0n) is 6.47. The summed E-state index contributed by atoms with van der Waals surface area (Å²) in [5, 5.41) is 1.67. The fourth-order valence-corrected chi connectivity index (χ4v) is 2.08. The van der Waals surface area contributed by atoms with Crippen molar-refractivity contribution in [2.75, 3.05) is 5.75 Å². The first kappa shape index (κ1) is 10.6. The van der Waals surface area contributed by atoms with Crippen LogP contribution >= 0.6 is 23.1 Å². The number of thiazole rings is 1. The Labute approximate surface area is 81.7 Å². The van der Waals surface area contributed by atoms with E-state index in [1.165, 1.54) is 17.5 Å². The first-order valence-corrected chi connectivity index (χ1v) is 5.14. The molecule has 0 N–H and O–H groups in total. The van der Waals surface area contributed by atoms with Gasteiger partial charge >= 0.3 is 5.92 Å². The Balaban J connectivity index is 2.47. The molecule has 1 rings (SSSR count). The van der Waals surface area contributed by atoms with E-state index in [1.807, 2.05) is 0 Å². The highest BCUT2D eigenvalue weighted by Gasteiger charge is 2.33. The van der Waals surface area contributed by atoms with E-state index in [4.69, 9.17) is 0 Å². The highest BCUT2D eigenvalue weighted by atomic mass is 32.2. The molecule has 0 radical (unpaired) electrons. The van der Waals surface area contributed by atoms with E-state index in [-0.39, 0.29) is 0 Å². The van der Waals surface area contributed by atoms with Crippen molar-refractivity contribution >= 4 is 23.1 Å². The molecule has 0 unspecified atom stereocenters. The summed E-state index contributed by atoms with van der Waals surface area (Å²) in [4.78, 5) is 3.77. The summed E-state index contributed by atoms with van der Waals surface area (Å²) in [5.74, 6) is -5.72. The van der Waals surface area contributed by atoms with E-state index in [1.54, 1.807) is 5.38 Å². The molecule has 0 aliphatic carbocycles. The van der Waals surface area contributed by atoms with Gasteiger partial charge in [0.1, 0.15) is 4.34 Å². The summed E-state index contributed by atoms with van der Waals surface area (Å²) in [6, 6.07) is 0. The van der Waals surface area contributed by atoms with E-state index in [0.29, 0.717) is 4.34 Å². The molecule has 1 aromatic heterocycles. The minimum absolute atomic E-state index is 0.501. The highest BCUT2D eigenvalue weighted by Crippen LogP contribution is 2.32. The Morgan fingerprint density at radius 1 is 1.69 bits per heavy atom. The number of nitrogens with zero attached hydrogens (tertiary/aromatic N) is 1. The van der Waals surface area contributed by atoms with Crippen LogP contribution in [0.1, 0.15) is 0 Å². The molecule has 0 atom stereocenters. The second-order valence-electron chi connectivity index (χ2n) is 2.20. The first-order valence-electron chi connectivity index (χ1n) is 3.27. The zero-order valence-corrected chi connectivity index (χ0v) is 8.10. The predicted molar refractivity (Wildman–Crippen MR) is 48.0 cm³/mol. The summed E-state index contributed by atoms with van der Waals surface area (Å²) in [5.41, 5.74) is 0. The summed E-state index contributed by atoms with van der Waals surface area (Å²) in [6.45, 7) is 2.58. The number of hydrogen-bond donors (Lipinski definition) is 0. The SMILES string of the molecule is C=C(F)C(F)(F)CSc1nccs1. The molecule has 0 aromatic carbocycles. The zero-order chi connectivity index (χ0) is 9.90. The van der Waals surface area contributed by atoms with Crippen LogP contribution in [0.3, 0.4) is 0 Å². The lowest BCUT2D eigenvalue weighted by atomic mass is 10.4. The third kappa shape index (κ3) is 3.04. The van der Waals surface area contributed by atoms with E-state index in [2.05, 4.69) is 11.6 Å². The monoisotopic (exact) mass is 225 g/mol. The van der Waals surface area contributed by atoms with Gasteiger partial charge in [0.15, 0.2) is 5.83 Å². The van der Waals surface area contributed by atoms with Gasteiger partial charge in [-0.1, -0.05) is 18.3 Å². The molecule has 1 nitrogen and oxygen atoms in total. The van der Waals surface area contributed by atoms with Crippen LogP contribution in [0.25, 0.3) is 0 Å². The lowest BCUT2D eigenvalue weighted by molar-refractivity contribution is 0.0448. The molecular weight excluding hydrogens is 219 g/mol. The summed E-state index contributed by atoms with van der Waals surface area (Å²) < 4.78 is 37.9. The van der Waals surface area contributed by atoms with Gasteiger partial charge < -0.3 is 0 Å². The van der Waals surface area contributed by atoms with Crippen LogP contribution in [-0.2, 0) is 0 Å². The number of alkyl halides is 2. The molecule has 0 aliphatic heterocycles. The topological polar surface area (TPSA) is 12.9 Å². The molecule has 0 bridgehead atoms. The van der Waals surface area contributed by atoms with Gasteiger partial charge in [-0.3, -0.25) is 0 Å². The molecule has 1 aromatic rings. The predicted octanol–water partition coefficient (Wildman–Crippen LogP) is 3.35. The second kappa shape index (κ2) is 4.15. The minimum Gasteiger partial charge on any atom is -0.238 e. The molecule has 6 heteroatoms. The molecule has 72 valence electrons. The molecule has 0 spiro atoms. The van der Waals surface area contributed by atoms with Crippen LogP contribution < -0.4 is 0 Å². The molecule has 0 fully saturated rings. The molecule has 0 saturated heterocycles. The summed E-state index contributed by atoms with van der Waals surface area (Å²) in [6.07, 6.45) is 1.51. The van der Waals surface area contributed by atoms with Crippen molar-refractivity contribution in [1.82, 2.24) is 4.98 Å². The lowest BCUT2D eigenvalue weighted by Crippen LogP contribution is -2.19. The second-order valence-corrected chi connectivity index (χ2v) is 4.31. The van der Waals surface area contributed by atoms with Crippen molar-refractivity contribution in [2.45, 2.75) is 10.3 Å². The third-order valence-corrected chi connectivity index (χ3v) is 3.25. The Morgan fingerprint density at radius 3 is 2.85 bits per heavy atom. The Bertz CT molecular complexity index is 284. The molecule has 0 saturated carbocycles. The van der Waals surface area contributed by atoms with Gasteiger partial charge in [0.2, 0.25) is 0 Å². The van der Waals surface area contributed by atoms with Crippen molar-refractivity contribution < 1.29 is 13.2 Å². The molecule has 1 heterocycles. The van der Waals surface area contributed by atoms with Crippen LogP contribution in [0.15, 0.2) is 28.3 Å². The van der Waals surface area contributed by atoms with Gasteiger partial charge in [0, 0.05) is 11.6 Å². The number of aromatic nitrogens is 1. The van der Waals surface area contributed by atoms with E-state index in [9.17, 15) is 13.2 Å². The smallest absolute Gasteiger partial charge is 0.238 e. The molecule has 0 amide bonds. The lowest BCUT2D eigenvalue weighted by Gasteiger charge is -2.11. The van der Waals surface area contributed by atoms with Gasteiger partial charge in [-0.2, -0.15) is 8.78 Å². The standard InChI is InChI=1S/C7H6F3NS2/c1-5(8)7(9,10)4-13-6-11-2-3-12-6/h2-3H,1,4H2. The molecular formula is C7H6F3NS2. The quantitative estimate of drug-likeness (QED) is 0.729. The highest BCUT2D eigenvalue weighted by molar-refractivity contribution is 8.01. The molecule has 13 heavy (non-hydrogen) atoms. The number of allylic oxidation sites excluding steroid dienone is 1. The fourth-order valence-electron chi connectivity index (χ4n) is 0.512. The van der Waals surface area contributed by atoms with Crippen LogP contribution in [0.4, 0.5) is 13.2 Å². The maximum absolute atomic E-state index is 12.6. The number of halogens is 3. The largest absolute Gasteiger partial charge is 0.307 e. The Morgan fingerprint density at radius 2 is 2.38 bits per heavy atom.